The fraction of sp³-hybridized carbons (Fsp3) is 0.692. The molecule has 0 radical (unpaired) electrons. The molecule has 0 bridgehead atoms. The summed E-state index contributed by atoms with van der Waals surface area (Å²) in [6.45, 7) is 3.25. The first-order valence-corrected chi connectivity index (χ1v) is 9.22. The highest BCUT2D eigenvalue weighted by Gasteiger charge is 2.42. The van der Waals surface area contributed by atoms with Gasteiger partial charge in [0.1, 0.15) is 4.21 Å². The first kappa shape index (κ1) is 14.5. The largest absolute Gasteiger partial charge is 0.375 e. The van der Waals surface area contributed by atoms with Crippen molar-refractivity contribution in [3.63, 3.8) is 0 Å². The highest BCUT2D eigenvalue weighted by atomic mass is 32.2. The third-order valence-electron chi connectivity index (χ3n) is 4.18. The summed E-state index contributed by atoms with van der Waals surface area (Å²) in [5, 5.41) is 0. The maximum Gasteiger partial charge on any atom is 0.252 e. The first-order chi connectivity index (χ1) is 9.54. The van der Waals surface area contributed by atoms with E-state index in [1.807, 2.05) is 6.92 Å². The number of hydrogen-bond donors (Lipinski definition) is 1. The van der Waals surface area contributed by atoms with Crippen molar-refractivity contribution >= 4 is 21.4 Å². The van der Waals surface area contributed by atoms with Gasteiger partial charge in [-0.15, -0.1) is 11.3 Å². The van der Waals surface area contributed by atoms with Gasteiger partial charge in [-0.2, -0.15) is 4.31 Å². The molecule has 1 aliphatic carbocycles. The quantitative estimate of drug-likeness (QED) is 0.916. The van der Waals surface area contributed by atoms with Crippen molar-refractivity contribution in [2.45, 2.75) is 49.1 Å². The van der Waals surface area contributed by atoms with Crippen LogP contribution in [0.4, 0.5) is 0 Å². The zero-order valence-electron chi connectivity index (χ0n) is 11.5. The SMILES string of the molecule is Cc1cc(S(=O)(=O)N2CCOC3CCCC32)sc1CN. The van der Waals surface area contributed by atoms with Crippen LogP contribution in [0.15, 0.2) is 10.3 Å². The van der Waals surface area contributed by atoms with E-state index in [-0.39, 0.29) is 12.1 Å². The Hall–Kier alpha value is -0.470. The molecular formula is C13H20N2O3S2. The van der Waals surface area contributed by atoms with Gasteiger partial charge in [0.15, 0.2) is 0 Å². The zero-order chi connectivity index (χ0) is 14.3. The Kier molecular flexibility index (Phi) is 3.89. The summed E-state index contributed by atoms with van der Waals surface area (Å²) in [5.41, 5.74) is 6.62. The smallest absolute Gasteiger partial charge is 0.252 e. The highest BCUT2D eigenvalue weighted by Crippen LogP contribution is 2.35. The average molecular weight is 316 g/mol. The van der Waals surface area contributed by atoms with Crippen molar-refractivity contribution < 1.29 is 13.2 Å². The van der Waals surface area contributed by atoms with Crippen molar-refractivity contribution in [2.24, 2.45) is 5.73 Å². The fourth-order valence-electron chi connectivity index (χ4n) is 3.12. The van der Waals surface area contributed by atoms with E-state index < -0.39 is 10.0 Å². The van der Waals surface area contributed by atoms with Crippen LogP contribution in [-0.4, -0.2) is 38.0 Å². The lowest BCUT2D eigenvalue weighted by molar-refractivity contribution is -0.0241. The number of nitrogens with zero attached hydrogens (tertiary/aromatic N) is 1. The van der Waals surface area contributed by atoms with Gasteiger partial charge in [-0.25, -0.2) is 8.42 Å². The van der Waals surface area contributed by atoms with Crippen molar-refractivity contribution in [3.8, 4) is 0 Å². The molecule has 0 amide bonds. The van der Waals surface area contributed by atoms with Crippen LogP contribution in [0.3, 0.4) is 0 Å². The number of fused-ring (bicyclic) bond motifs is 1. The summed E-state index contributed by atoms with van der Waals surface area (Å²) in [7, 11) is -3.41. The maximum atomic E-state index is 12.9. The Morgan fingerprint density at radius 3 is 3.00 bits per heavy atom. The third kappa shape index (κ3) is 2.31. The first-order valence-electron chi connectivity index (χ1n) is 6.97. The van der Waals surface area contributed by atoms with Gasteiger partial charge < -0.3 is 10.5 Å². The number of morpholine rings is 1. The van der Waals surface area contributed by atoms with Gasteiger partial charge in [0.25, 0.3) is 10.0 Å². The minimum Gasteiger partial charge on any atom is -0.375 e. The lowest BCUT2D eigenvalue weighted by Gasteiger charge is -2.36. The summed E-state index contributed by atoms with van der Waals surface area (Å²) < 4.78 is 33.5. The van der Waals surface area contributed by atoms with E-state index in [1.165, 1.54) is 11.3 Å². The second-order valence-electron chi connectivity index (χ2n) is 5.40. The van der Waals surface area contributed by atoms with E-state index in [2.05, 4.69) is 0 Å². The summed E-state index contributed by atoms with van der Waals surface area (Å²) in [4.78, 5) is 0.944. The average Bonchev–Trinajstić information content (AvgIpc) is 3.04. The maximum absolute atomic E-state index is 12.9. The second-order valence-corrected chi connectivity index (χ2v) is 8.65. The molecule has 1 saturated carbocycles. The number of rotatable bonds is 3. The standard InChI is InChI=1S/C13H20N2O3S2/c1-9-7-13(19-12(9)8-14)20(16,17)15-5-6-18-11-4-2-3-10(11)15/h7,10-11H,2-6,8,14H2,1H3. The molecule has 1 aromatic rings. The van der Waals surface area contributed by atoms with Crippen molar-refractivity contribution in [3.05, 3.63) is 16.5 Å². The van der Waals surface area contributed by atoms with E-state index in [0.717, 1.165) is 29.7 Å². The number of nitrogens with two attached hydrogens (primary N) is 1. The number of hydrogen-bond acceptors (Lipinski definition) is 5. The van der Waals surface area contributed by atoms with Gasteiger partial charge in [-0.1, -0.05) is 0 Å². The van der Waals surface area contributed by atoms with Crippen LogP contribution in [0.1, 0.15) is 29.7 Å². The van der Waals surface area contributed by atoms with Gasteiger partial charge >= 0.3 is 0 Å². The molecule has 2 heterocycles. The Morgan fingerprint density at radius 2 is 2.30 bits per heavy atom. The predicted octanol–water partition coefficient (Wildman–Crippen LogP) is 1.46. The van der Waals surface area contributed by atoms with Gasteiger partial charge in [0.2, 0.25) is 0 Å². The van der Waals surface area contributed by atoms with Crippen LogP contribution < -0.4 is 5.73 Å². The van der Waals surface area contributed by atoms with Crippen LogP contribution in [0.5, 0.6) is 0 Å². The molecule has 5 nitrogen and oxygen atoms in total. The highest BCUT2D eigenvalue weighted by molar-refractivity contribution is 7.91. The Balaban J connectivity index is 1.94. The molecule has 3 rings (SSSR count). The van der Waals surface area contributed by atoms with Crippen LogP contribution in [-0.2, 0) is 21.3 Å². The van der Waals surface area contributed by atoms with Gasteiger partial charge in [-0.3, -0.25) is 0 Å². The van der Waals surface area contributed by atoms with Gasteiger partial charge in [0.05, 0.1) is 18.8 Å². The summed E-state index contributed by atoms with van der Waals surface area (Å²) in [5.74, 6) is 0. The molecular weight excluding hydrogens is 296 g/mol. The molecule has 1 aliphatic heterocycles. The molecule has 112 valence electrons. The molecule has 1 aromatic heterocycles. The summed E-state index contributed by atoms with van der Waals surface area (Å²) in [6, 6.07) is 1.76. The lowest BCUT2D eigenvalue weighted by Crippen LogP contribution is -2.50. The number of aryl methyl sites for hydroxylation is 1. The molecule has 20 heavy (non-hydrogen) atoms. The Morgan fingerprint density at radius 1 is 1.50 bits per heavy atom. The molecule has 2 unspecified atom stereocenters. The second kappa shape index (κ2) is 5.38. The molecule has 2 fully saturated rings. The van der Waals surface area contributed by atoms with Gasteiger partial charge in [0, 0.05) is 18.0 Å². The van der Waals surface area contributed by atoms with Gasteiger partial charge in [-0.05, 0) is 37.8 Å². The molecule has 2 N–H and O–H groups in total. The van der Waals surface area contributed by atoms with Crippen LogP contribution in [0.25, 0.3) is 0 Å². The molecule has 0 aromatic carbocycles. The van der Waals surface area contributed by atoms with E-state index in [4.69, 9.17) is 10.5 Å². The molecule has 0 spiro atoms. The minimum atomic E-state index is -3.41. The number of thiophene rings is 1. The molecule has 1 saturated heterocycles. The summed E-state index contributed by atoms with van der Waals surface area (Å²) in [6.07, 6.45) is 2.99. The monoisotopic (exact) mass is 316 g/mol. The number of sulfonamides is 1. The Bertz CT molecular complexity index is 597. The summed E-state index contributed by atoms with van der Waals surface area (Å²) >= 11 is 1.30. The van der Waals surface area contributed by atoms with E-state index >= 15 is 0 Å². The fourth-order valence-corrected chi connectivity index (χ4v) is 6.38. The predicted molar refractivity (Wildman–Crippen MR) is 78.2 cm³/mol. The van der Waals surface area contributed by atoms with Crippen LogP contribution >= 0.6 is 11.3 Å². The van der Waals surface area contributed by atoms with Crippen molar-refractivity contribution in [2.75, 3.05) is 13.2 Å². The van der Waals surface area contributed by atoms with Crippen molar-refractivity contribution in [1.82, 2.24) is 4.31 Å². The van der Waals surface area contributed by atoms with Crippen LogP contribution in [0.2, 0.25) is 0 Å². The Labute approximate surface area is 123 Å². The molecule has 7 heteroatoms. The normalized spacial score (nSPS) is 27.7. The topological polar surface area (TPSA) is 72.6 Å². The minimum absolute atomic E-state index is 0.0116. The van der Waals surface area contributed by atoms with E-state index in [9.17, 15) is 8.42 Å². The van der Waals surface area contributed by atoms with E-state index in [0.29, 0.717) is 23.9 Å². The number of ether oxygens (including phenoxy) is 1. The van der Waals surface area contributed by atoms with Crippen molar-refractivity contribution in [1.29, 1.82) is 0 Å². The molecule has 2 aliphatic rings. The van der Waals surface area contributed by atoms with E-state index in [1.54, 1.807) is 10.4 Å². The van der Waals surface area contributed by atoms with Crippen LogP contribution in [0, 0.1) is 6.92 Å². The third-order valence-corrected chi connectivity index (χ3v) is 7.81. The molecule has 2 atom stereocenters. The zero-order valence-corrected chi connectivity index (χ0v) is 13.2. The lowest BCUT2D eigenvalue weighted by atomic mass is 10.2.